The van der Waals surface area contributed by atoms with Gasteiger partial charge in [0.25, 0.3) is 0 Å². The minimum atomic E-state index is -3.01. The fraction of sp³-hybridized carbons (Fsp3) is 0.158. The van der Waals surface area contributed by atoms with Crippen molar-refractivity contribution in [2.75, 3.05) is 0 Å². The lowest BCUT2D eigenvalue weighted by Crippen LogP contribution is -2.09. The fourth-order valence-electron chi connectivity index (χ4n) is 2.56. The number of aromatic hydroxyl groups is 1. The summed E-state index contributed by atoms with van der Waals surface area (Å²) in [5, 5.41) is 10.2. The van der Waals surface area contributed by atoms with E-state index in [2.05, 4.69) is 4.74 Å². The zero-order valence-corrected chi connectivity index (χ0v) is 14.1. The second kappa shape index (κ2) is 7.45. The molecular weight excluding hydrogens is 362 g/mol. The number of aryl methyl sites for hydroxylation is 1. The van der Waals surface area contributed by atoms with Crippen molar-refractivity contribution >= 4 is 16.9 Å². The number of rotatable bonds is 5. The molecule has 8 heteroatoms. The predicted octanol–water partition coefficient (Wildman–Crippen LogP) is 3.77. The van der Waals surface area contributed by atoms with Crippen molar-refractivity contribution in [3.05, 3.63) is 69.6 Å². The maximum atomic E-state index is 12.3. The average Bonchev–Trinajstić information content (AvgIpc) is 2.62. The monoisotopic (exact) mass is 376 g/mol. The van der Waals surface area contributed by atoms with E-state index in [4.69, 9.17) is 9.15 Å². The number of fused-ring (bicyclic) bond motifs is 1. The summed E-state index contributed by atoms with van der Waals surface area (Å²) in [6, 6.07) is 9.35. The molecule has 2 aromatic carbocycles. The Morgan fingerprint density at radius 3 is 2.74 bits per heavy atom. The van der Waals surface area contributed by atoms with Crippen LogP contribution < -0.4 is 10.4 Å². The zero-order valence-electron chi connectivity index (χ0n) is 14.1. The number of phenolic OH excluding ortho intramolecular Hbond substituents is 1. The van der Waals surface area contributed by atoms with Gasteiger partial charge in [-0.05, 0) is 37.3 Å². The van der Waals surface area contributed by atoms with Crippen LogP contribution in [-0.4, -0.2) is 17.7 Å². The molecule has 1 heterocycles. The van der Waals surface area contributed by atoms with E-state index in [1.54, 1.807) is 13.0 Å². The molecule has 0 bridgehead atoms. The van der Waals surface area contributed by atoms with Crippen LogP contribution >= 0.6 is 0 Å². The van der Waals surface area contributed by atoms with Crippen molar-refractivity contribution in [3.63, 3.8) is 0 Å². The Morgan fingerprint density at radius 2 is 2.00 bits per heavy atom. The van der Waals surface area contributed by atoms with E-state index in [1.165, 1.54) is 30.3 Å². The van der Waals surface area contributed by atoms with Gasteiger partial charge in [0.15, 0.2) is 0 Å². The molecule has 0 atom stereocenters. The SMILES string of the molecule is Cc1c(O)ccc2c(COC(=O)c3cccc(OC(F)F)c3)cc(=O)oc12. The molecular formula is C19H14F2O6. The second-order valence-electron chi connectivity index (χ2n) is 5.66. The summed E-state index contributed by atoms with van der Waals surface area (Å²) in [6.07, 6.45) is 0. The largest absolute Gasteiger partial charge is 0.508 e. The van der Waals surface area contributed by atoms with Gasteiger partial charge in [0.2, 0.25) is 0 Å². The summed E-state index contributed by atoms with van der Waals surface area (Å²) >= 11 is 0. The molecule has 0 radical (unpaired) electrons. The number of alkyl halides is 2. The minimum Gasteiger partial charge on any atom is -0.508 e. The third kappa shape index (κ3) is 4.05. The van der Waals surface area contributed by atoms with Gasteiger partial charge in [-0.2, -0.15) is 8.78 Å². The van der Waals surface area contributed by atoms with Gasteiger partial charge in [-0.25, -0.2) is 9.59 Å². The molecule has 1 N–H and O–H groups in total. The van der Waals surface area contributed by atoms with Crippen molar-refractivity contribution in [2.45, 2.75) is 20.1 Å². The summed E-state index contributed by atoms with van der Waals surface area (Å²) in [5.41, 5.74) is 0.331. The molecule has 27 heavy (non-hydrogen) atoms. The topological polar surface area (TPSA) is 86.0 Å². The Labute approximate surface area is 151 Å². The van der Waals surface area contributed by atoms with Gasteiger partial charge in [0.1, 0.15) is 23.7 Å². The van der Waals surface area contributed by atoms with Crippen molar-refractivity contribution in [1.82, 2.24) is 0 Å². The molecule has 0 aliphatic rings. The average molecular weight is 376 g/mol. The molecule has 0 amide bonds. The molecule has 0 spiro atoms. The number of carbonyl (C=O) groups excluding carboxylic acids is 1. The molecule has 0 aliphatic carbocycles. The summed E-state index contributed by atoms with van der Waals surface area (Å²) in [5.74, 6) is -0.974. The number of phenols is 1. The van der Waals surface area contributed by atoms with Crippen LogP contribution in [0.2, 0.25) is 0 Å². The predicted molar refractivity (Wildman–Crippen MR) is 91.1 cm³/mol. The smallest absolute Gasteiger partial charge is 0.387 e. The Kier molecular flexibility index (Phi) is 5.07. The first kappa shape index (κ1) is 18.4. The molecule has 0 fully saturated rings. The number of carbonyl (C=O) groups is 1. The molecule has 0 aliphatic heterocycles. The van der Waals surface area contributed by atoms with E-state index < -0.39 is 18.2 Å². The fourth-order valence-corrected chi connectivity index (χ4v) is 2.56. The Morgan fingerprint density at radius 1 is 1.22 bits per heavy atom. The van der Waals surface area contributed by atoms with Gasteiger partial charge in [-0.15, -0.1) is 0 Å². The third-order valence-corrected chi connectivity index (χ3v) is 3.87. The maximum Gasteiger partial charge on any atom is 0.387 e. The first-order chi connectivity index (χ1) is 12.8. The highest BCUT2D eigenvalue weighted by molar-refractivity contribution is 5.90. The van der Waals surface area contributed by atoms with E-state index in [1.807, 2.05) is 0 Å². The first-order valence-corrected chi connectivity index (χ1v) is 7.82. The highest BCUT2D eigenvalue weighted by Gasteiger charge is 2.14. The van der Waals surface area contributed by atoms with Crippen LogP contribution in [-0.2, 0) is 11.3 Å². The van der Waals surface area contributed by atoms with Gasteiger partial charge < -0.3 is 19.0 Å². The summed E-state index contributed by atoms with van der Waals surface area (Å²) in [6.45, 7) is -1.67. The number of benzene rings is 2. The van der Waals surface area contributed by atoms with E-state index in [9.17, 15) is 23.5 Å². The lowest BCUT2D eigenvalue weighted by Gasteiger charge is -2.10. The third-order valence-electron chi connectivity index (χ3n) is 3.87. The van der Waals surface area contributed by atoms with E-state index in [0.29, 0.717) is 16.5 Å². The van der Waals surface area contributed by atoms with Crippen LogP contribution in [0.25, 0.3) is 11.0 Å². The molecule has 3 rings (SSSR count). The lowest BCUT2D eigenvalue weighted by atomic mass is 10.1. The number of ether oxygens (including phenoxy) is 2. The number of hydrogen-bond acceptors (Lipinski definition) is 6. The number of hydrogen-bond donors (Lipinski definition) is 1. The summed E-state index contributed by atoms with van der Waals surface area (Å²) < 4.78 is 39.1. The van der Waals surface area contributed by atoms with Gasteiger partial charge in [-0.1, -0.05) is 6.07 Å². The van der Waals surface area contributed by atoms with E-state index in [-0.39, 0.29) is 29.3 Å². The molecule has 6 nitrogen and oxygen atoms in total. The molecule has 3 aromatic rings. The van der Waals surface area contributed by atoms with Crippen LogP contribution in [0.5, 0.6) is 11.5 Å². The van der Waals surface area contributed by atoms with Crippen LogP contribution in [0.3, 0.4) is 0 Å². The minimum absolute atomic E-state index is 0.0225. The van der Waals surface area contributed by atoms with Crippen LogP contribution in [0, 0.1) is 6.92 Å². The molecule has 0 unspecified atom stereocenters. The Hall–Kier alpha value is -3.42. The normalized spacial score (nSPS) is 11.0. The van der Waals surface area contributed by atoms with Crippen molar-refractivity contribution < 1.29 is 32.6 Å². The van der Waals surface area contributed by atoms with Crippen molar-refractivity contribution in [2.24, 2.45) is 0 Å². The van der Waals surface area contributed by atoms with Gasteiger partial charge in [0.05, 0.1) is 5.56 Å². The van der Waals surface area contributed by atoms with Crippen LogP contribution in [0.15, 0.2) is 51.7 Å². The van der Waals surface area contributed by atoms with Crippen LogP contribution in [0.1, 0.15) is 21.5 Å². The maximum absolute atomic E-state index is 12.3. The van der Waals surface area contributed by atoms with Gasteiger partial charge in [0, 0.05) is 22.6 Å². The highest BCUT2D eigenvalue weighted by Crippen LogP contribution is 2.27. The number of halogens is 2. The quantitative estimate of drug-likeness (QED) is 0.539. The molecule has 1 aromatic heterocycles. The molecule has 0 saturated carbocycles. The summed E-state index contributed by atoms with van der Waals surface area (Å²) in [4.78, 5) is 23.9. The Balaban J connectivity index is 1.84. The van der Waals surface area contributed by atoms with E-state index in [0.717, 1.165) is 6.07 Å². The van der Waals surface area contributed by atoms with Gasteiger partial charge in [-0.3, -0.25) is 0 Å². The highest BCUT2D eigenvalue weighted by atomic mass is 19.3. The molecule has 140 valence electrons. The van der Waals surface area contributed by atoms with E-state index >= 15 is 0 Å². The Bertz CT molecular complexity index is 1060. The second-order valence-corrected chi connectivity index (χ2v) is 5.66. The number of esters is 1. The first-order valence-electron chi connectivity index (χ1n) is 7.82. The zero-order chi connectivity index (χ0) is 19.6. The summed E-state index contributed by atoms with van der Waals surface area (Å²) in [7, 11) is 0. The standard InChI is InChI=1S/C19H14F2O6/c1-10-15(22)6-5-14-12(8-16(23)27-17(10)14)9-25-18(24)11-3-2-4-13(7-11)26-19(20)21/h2-8,19,22H,9H2,1H3. The van der Waals surface area contributed by atoms with Gasteiger partial charge >= 0.3 is 18.2 Å². The van der Waals surface area contributed by atoms with Crippen LogP contribution in [0.4, 0.5) is 8.78 Å². The lowest BCUT2D eigenvalue weighted by molar-refractivity contribution is -0.0499. The van der Waals surface area contributed by atoms with Crippen molar-refractivity contribution in [3.8, 4) is 11.5 Å². The van der Waals surface area contributed by atoms with Crippen molar-refractivity contribution in [1.29, 1.82) is 0 Å². The molecule has 0 saturated heterocycles.